The smallest absolute Gasteiger partial charge is 0.189 e. The van der Waals surface area contributed by atoms with Crippen LogP contribution >= 0.6 is 0 Å². The van der Waals surface area contributed by atoms with Crippen molar-refractivity contribution in [3.8, 4) is 0 Å². The Labute approximate surface area is 74.0 Å². The van der Waals surface area contributed by atoms with Crippen molar-refractivity contribution >= 4 is 10.9 Å². The van der Waals surface area contributed by atoms with E-state index in [1.54, 1.807) is 19.1 Å². The molecule has 0 atom stereocenters. The van der Waals surface area contributed by atoms with Crippen molar-refractivity contribution in [2.45, 2.75) is 6.92 Å². The molecule has 0 bridgehead atoms. The van der Waals surface area contributed by atoms with Crippen molar-refractivity contribution in [3.63, 3.8) is 0 Å². The predicted molar refractivity (Wildman–Crippen MR) is 49.3 cm³/mol. The molecule has 1 N–H and O–H groups in total. The summed E-state index contributed by atoms with van der Waals surface area (Å²) in [6, 6.07) is 4.62. The maximum absolute atomic E-state index is 13.4. The molecule has 0 fully saturated rings. The van der Waals surface area contributed by atoms with Crippen LogP contribution in [0.2, 0.25) is 0 Å². The van der Waals surface area contributed by atoms with Crippen LogP contribution in [-0.4, -0.2) is 4.98 Å². The Kier molecular flexibility index (Phi) is 1.65. The first kappa shape index (κ1) is 7.98. The number of nitrogens with one attached hydrogen (secondary N) is 1. The third-order valence-corrected chi connectivity index (χ3v) is 2.06. The third kappa shape index (κ3) is 1.13. The summed E-state index contributed by atoms with van der Waals surface area (Å²) in [6.07, 6.45) is 1.45. The summed E-state index contributed by atoms with van der Waals surface area (Å²) < 4.78 is 13.4. The van der Waals surface area contributed by atoms with E-state index >= 15 is 0 Å². The van der Waals surface area contributed by atoms with Crippen molar-refractivity contribution in [2.24, 2.45) is 0 Å². The lowest BCUT2D eigenvalue weighted by molar-refractivity contribution is 0.627. The van der Waals surface area contributed by atoms with Crippen LogP contribution in [0, 0.1) is 12.7 Å². The van der Waals surface area contributed by atoms with Crippen molar-refractivity contribution in [3.05, 3.63) is 46.0 Å². The lowest BCUT2D eigenvalue weighted by Crippen LogP contribution is -2.01. The van der Waals surface area contributed by atoms with E-state index in [1.165, 1.54) is 12.3 Å². The molecular formula is C10H8FNO. The largest absolute Gasteiger partial charge is 0.359 e. The van der Waals surface area contributed by atoms with Gasteiger partial charge in [-0.25, -0.2) is 4.39 Å². The minimum Gasteiger partial charge on any atom is -0.359 e. The number of H-pyrrole nitrogens is 1. The van der Waals surface area contributed by atoms with Crippen LogP contribution in [-0.2, 0) is 0 Å². The van der Waals surface area contributed by atoms with Crippen molar-refractivity contribution in [2.75, 3.05) is 0 Å². The van der Waals surface area contributed by atoms with E-state index in [9.17, 15) is 9.18 Å². The highest BCUT2D eigenvalue weighted by Crippen LogP contribution is 2.14. The lowest BCUT2D eigenvalue weighted by atomic mass is 10.1. The molecule has 13 heavy (non-hydrogen) atoms. The van der Waals surface area contributed by atoms with Crippen LogP contribution in [0.4, 0.5) is 4.39 Å². The highest BCUT2D eigenvalue weighted by atomic mass is 19.1. The number of aromatic nitrogens is 1. The molecule has 0 spiro atoms. The highest BCUT2D eigenvalue weighted by Gasteiger charge is 2.05. The lowest BCUT2D eigenvalue weighted by Gasteiger charge is -2.00. The van der Waals surface area contributed by atoms with Crippen LogP contribution in [0.15, 0.2) is 29.2 Å². The Bertz CT molecular complexity index is 516. The molecule has 0 saturated heterocycles. The van der Waals surface area contributed by atoms with Crippen LogP contribution in [0.5, 0.6) is 0 Å². The Balaban J connectivity index is 3.03. The summed E-state index contributed by atoms with van der Waals surface area (Å²) in [5, 5.41) is 0.394. The summed E-state index contributed by atoms with van der Waals surface area (Å²) in [7, 11) is 0. The molecule has 3 heteroatoms. The minimum absolute atomic E-state index is 0.160. The summed E-state index contributed by atoms with van der Waals surface area (Å²) in [6.45, 7) is 1.67. The zero-order valence-corrected chi connectivity index (χ0v) is 7.10. The second kappa shape index (κ2) is 2.69. The average molecular weight is 177 g/mol. The number of hydrogen-bond donors (Lipinski definition) is 1. The van der Waals surface area contributed by atoms with E-state index in [-0.39, 0.29) is 16.8 Å². The molecule has 0 unspecified atom stereocenters. The molecule has 0 amide bonds. The number of aryl methyl sites for hydroxylation is 1. The summed E-state index contributed by atoms with van der Waals surface area (Å²) >= 11 is 0. The summed E-state index contributed by atoms with van der Waals surface area (Å²) in [4.78, 5) is 14.0. The molecule has 1 aromatic heterocycles. The predicted octanol–water partition coefficient (Wildman–Crippen LogP) is 1.98. The summed E-state index contributed by atoms with van der Waals surface area (Å²) in [5.41, 5.74) is 0.662. The monoisotopic (exact) mass is 177 g/mol. The molecule has 66 valence electrons. The van der Waals surface area contributed by atoms with Crippen molar-refractivity contribution < 1.29 is 4.39 Å². The number of fused-ring (bicyclic) bond motifs is 1. The average Bonchev–Trinajstić information content (AvgIpc) is 2.12. The van der Waals surface area contributed by atoms with Crippen LogP contribution in [0.25, 0.3) is 10.9 Å². The molecule has 0 aliphatic carbocycles. The van der Waals surface area contributed by atoms with Crippen molar-refractivity contribution in [1.82, 2.24) is 4.98 Å². The van der Waals surface area contributed by atoms with Crippen LogP contribution in [0.3, 0.4) is 0 Å². The molecule has 2 nitrogen and oxygen atoms in total. The molecule has 0 saturated carbocycles. The van der Waals surface area contributed by atoms with Gasteiger partial charge in [-0.2, -0.15) is 0 Å². The zero-order chi connectivity index (χ0) is 9.42. The molecule has 0 aliphatic heterocycles. The number of rotatable bonds is 0. The van der Waals surface area contributed by atoms with Gasteiger partial charge in [-0.15, -0.1) is 0 Å². The standard InChI is InChI=1S/C10H8FNO/c1-6-2-3-7-8(13)4-5-12-10(7)9(6)11/h2-5H,1H3,(H,12,13). The second-order valence-electron chi connectivity index (χ2n) is 2.96. The van der Waals surface area contributed by atoms with E-state index in [4.69, 9.17) is 0 Å². The number of pyridine rings is 1. The van der Waals surface area contributed by atoms with Gasteiger partial charge in [0.1, 0.15) is 5.82 Å². The molecule has 0 aliphatic rings. The van der Waals surface area contributed by atoms with Gasteiger partial charge < -0.3 is 4.98 Å². The number of aromatic amines is 1. The number of hydrogen-bond acceptors (Lipinski definition) is 1. The van der Waals surface area contributed by atoms with Crippen LogP contribution < -0.4 is 5.43 Å². The van der Waals surface area contributed by atoms with E-state index in [0.717, 1.165) is 0 Å². The first-order chi connectivity index (χ1) is 6.20. The topological polar surface area (TPSA) is 32.9 Å². The fourth-order valence-corrected chi connectivity index (χ4v) is 1.32. The van der Waals surface area contributed by atoms with Gasteiger partial charge in [-0.05, 0) is 18.6 Å². The van der Waals surface area contributed by atoms with E-state index in [0.29, 0.717) is 10.9 Å². The SMILES string of the molecule is Cc1ccc2c(=O)cc[nH]c2c1F. The zero-order valence-electron chi connectivity index (χ0n) is 7.10. The third-order valence-electron chi connectivity index (χ3n) is 2.06. The Morgan fingerprint density at radius 2 is 2.08 bits per heavy atom. The molecule has 1 aromatic carbocycles. The first-order valence-electron chi connectivity index (χ1n) is 3.96. The number of halogens is 1. The molecular weight excluding hydrogens is 169 g/mol. The van der Waals surface area contributed by atoms with E-state index < -0.39 is 0 Å². The maximum atomic E-state index is 13.4. The van der Waals surface area contributed by atoms with Gasteiger partial charge in [0.25, 0.3) is 0 Å². The molecule has 2 aromatic rings. The molecule has 0 radical (unpaired) electrons. The van der Waals surface area contributed by atoms with Gasteiger partial charge >= 0.3 is 0 Å². The Morgan fingerprint density at radius 1 is 1.31 bits per heavy atom. The molecule has 2 rings (SSSR count). The van der Waals surface area contributed by atoms with Gasteiger partial charge in [-0.1, -0.05) is 6.07 Å². The highest BCUT2D eigenvalue weighted by molar-refractivity contribution is 5.79. The van der Waals surface area contributed by atoms with Gasteiger partial charge in [0, 0.05) is 17.6 Å². The Hall–Kier alpha value is -1.64. The van der Waals surface area contributed by atoms with Gasteiger partial charge in [0.15, 0.2) is 5.43 Å². The fraction of sp³-hybridized carbons (Fsp3) is 0.100. The van der Waals surface area contributed by atoms with Crippen LogP contribution in [0.1, 0.15) is 5.56 Å². The van der Waals surface area contributed by atoms with E-state index in [2.05, 4.69) is 4.98 Å². The van der Waals surface area contributed by atoms with Gasteiger partial charge in [0.2, 0.25) is 0 Å². The minimum atomic E-state index is -0.352. The normalized spacial score (nSPS) is 10.6. The second-order valence-corrected chi connectivity index (χ2v) is 2.96. The Morgan fingerprint density at radius 3 is 2.85 bits per heavy atom. The molecule has 1 heterocycles. The van der Waals surface area contributed by atoms with Gasteiger partial charge in [-0.3, -0.25) is 4.79 Å². The first-order valence-corrected chi connectivity index (χ1v) is 3.96. The van der Waals surface area contributed by atoms with Gasteiger partial charge in [0.05, 0.1) is 5.52 Å². The maximum Gasteiger partial charge on any atom is 0.189 e. The number of benzene rings is 1. The van der Waals surface area contributed by atoms with E-state index in [1.807, 2.05) is 0 Å². The van der Waals surface area contributed by atoms with Crippen molar-refractivity contribution in [1.29, 1.82) is 0 Å². The summed E-state index contributed by atoms with van der Waals surface area (Å²) in [5.74, 6) is -0.352. The fourth-order valence-electron chi connectivity index (χ4n) is 1.32. The quantitative estimate of drug-likeness (QED) is 0.655.